The highest BCUT2D eigenvalue weighted by Crippen LogP contribution is 2.36. The Labute approximate surface area is 128 Å². The van der Waals surface area contributed by atoms with Gasteiger partial charge in [-0.1, -0.05) is 27.5 Å². The van der Waals surface area contributed by atoms with Crippen molar-refractivity contribution in [3.05, 3.63) is 40.9 Å². The van der Waals surface area contributed by atoms with E-state index in [9.17, 15) is 9.90 Å². The molecule has 0 radical (unpaired) electrons. The average Bonchev–Trinajstić information content (AvgIpc) is 2.45. The van der Waals surface area contributed by atoms with Crippen LogP contribution in [0.15, 0.2) is 24.5 Å². The topological polar surface area (TPSA) is 72.3 Å². The maximum Gasteiger partial charge on any atom is 0.338 e. The predicted octanol–water partition coefficient (Wildman–Crippen LogP) is 3.40. The number of nitrogens with zero attached hydrogens (tertiary/aromatic N) is 2. The van der Waals surface area contributed by atoms with Crippen LogP contribution in [0.2, 0.25) is 5.15 Å². The van der Waals surface area contributed by atoms with Crippen molar-refractivity contribution in [2.75, 3.05) is 7.11 Å². The van der Waals surface area contributed by atoms with Crippen LogP contribution < -0.4 is 4.74 Å². The fourth-order valence-corrected chi connectivity index (χ4v) is 2.43. The van der Waals surface area contributed by atoms with Gasteiger partial charge in [-0.25, -0.2) is 9.78 Å². The molecule has 0 atom stereocenters. The fraction of sp³-hybridized carbons (Fsp3) is 0.154. The second-order valence-electron chi connectivity index (χ2n) is 3.83. The molecule has 104 valence electrons. The molecule has 2 heterocycles. The predicted molar refractivity (Wildman–Crippen MR) is 78.6 cm³/mol. The smallest absolute Gasteiger partial charge is 0.338 e. The van der Waals surface area contributed by atoms with E-state index in [-0.39, 0.29) is 10.7 Å². The van der Waals surface area contributed by atoms with Crippen molar-refractivity contribution in [2.24, 2.45) is 0 Å². The Morgan fingerprint density at radius 3 is 2.80 bits per heavy atom. The van der Waals surface area contributed by atoms with E-state index < -0.39 is 5.97 Å². The molecule has 0 aliphatic rings. The van der Waals surface area contributed by atoms with Gasteiger partial charge in [0.1, 0.15) is 10.9 Å². The highest BCUT2D eigenvalue weighted by molar-refractivity contribution is 9.08. The van der Waals surface area contributed by atoms with Crippen LogP contribution >= 0.6 is 27.5 Å². The standard InChI is InChI=1S/C13H10BrClN2O3/c1-20-12-9(5-14)17-6-8(13(18)19)11(12)7-2-3-16-10(15)4-7/h2-4,6H,5H2,1H3,(H,18,19). The summed E-state index contributed by atoms with van der Waals surface area (Å²) in [6.45, 7) is 0. The molecule has 20 heavy (non-hydrogen) atoms. The van der Waals surface area contributed by atoms with E-state index in [0.29, 0.717) is 27.9 Å². The minimum atomic E-state index is -1.08. The third-order valence-electron chi connectivity index (χ3n) is 2.68. The molecular weight excluding hydrogens is 348 g/mol. The molecule has 0 saturated heterocycles. The van der Waals surface area contributed by atoms with Gasteiger partial charge < -0.3 is 9.84 Å². The molecule has 2 aromatic rings. The Balaban J connectivity index is 2.79. The molecule has 0 spiro atoms. The molecule has 7 heteroatoms. The summed E-state index contributed by atoms with van der Waals surface area (Å²) in [5, 5.41) is 10.0. The summed E-state index contributed by atoms with van der Waals surface area (Å²) in [4.78, 5) is 19.4. The molecule has 0 aliphatic carbocycles. The van der Waals surface area contributed by atoms with Crippen molar-refractivity contribution in [2.45, 2.75) is 5.33 Å². The third kappa shape index (κ3) is 2.76. The van der Waals surface area contributed by atoms with Crippen LogP contribution in [0.4, 0.5) is 0 Å². The second kappa shape index (κ2) is 6.19. The lowest BCUT2D eigenvalue weighted by Gasteiger charge is -2.14. The fourth-order valence-electron chi connectivity index (χ4n) is 1.85. The van der Waals surface area contributed by atoms with Gasteiger partial charge in [0.05, 0.1) is 18.4 Å². The number of pyridine rings is 2. The highest BCUT2D eigenvalue weighted by atomic mass is 79.9. The number of carboxylic acid groups (broad SMARTS) is 1. The largest absolute Gasteiger partial charge is 0.494 e. The number of methoxy groups -OCH3 is 1. The summed E-state index contributed by atoms with van der Waals surface area (Å²) in [6.07, 6.45) is 2.82. The Bertz CT molecular complexity index is 664. The molecule has 5 nitrogen and oxygen atoms in total. The summed E-state index contributed by atoms with van der Waals surface area (Å²) < 4.78 is 5.33. The molecule has 0 unspecified atom stereocenters. The minimum Gasteiger partial charge on any atom is -0.494 e. The van der Waals surface area contributed by atoms with Gasteiger partial charge in [0.2, 0.25) is 0 Å². The lowest BCUT2D eigenvalue weighted by atomic mass is 10.0. The Hall–Kier alpha value is -1.66. The Morgan fingerprint density at radius 1 is 1.50 bits per heavy atom. The molecule has 0 bridgehead atoms. The highest BCUT2D eigenvalue weighted by Gasteiger charge is 2.21. The van der Waals surface area contributed by atoms with Gasteiger partial charge in [0.25, 0.3) is 0 Å². The number of alkyl halides is 1. The first-order chi connectivity index (χ1) is 9.58. The first-order valence-electron chi connectivity index (χ1n) is 5.55. The molecule has 2 aromatic heterocycles. The number of carbonyl (C=O) groups is 1. The number of aromatic carboxylic acids is 1. The Kier molecular flexibility index (Phi) is 4.57. The van der Waals surface area contributed by atoms with Crippen LogP contribution in [0, 0.1) is 0 Å². The maximum absolute atomic E-state index is 11.4. The van der Waals surface area contributed by atoms with E-state index in [1.54, 1.807) is 12.1 Å². The molecule has 0 amide bonds. The Morgan fingerprint density at radius 2 is 2.25 bits per heavy atom. The van der Waals surface area contributed by atoms with Gasteiger partial charge in [-0.15, -0.1) is 0 Å². The average molecular weight is 358 g/mol. The zero-order valence-corrected chi connectivity index (χ0v) is 12.8. The number of ether oxygens (including phenoxy) is 1. The molecule has 0 saturated carbocycles. The molecular formula is C13H10BrClN2O3. The van der Waals surface area contributed by atoms with Gasteiger partial charge in [0.15, 0.2) is 0 Å². The van der Waals surface area contributed by atoms with Crippen molar-refractivity contribution in [3.63, 3.8) is 0 Å². The van der Waals surface area contributed by atoms with Crippen LogP contribution in [0.5, 0.6) is 5.75 Å². The second-order valence-corrected chi connectivity index (χ2v) is 4.78. The van der Waals surface area contributed by atoms with E-state index in [1.165, 1.54) is 19.5 Å². The number of hydrogen-bond donors (Lipinski definition) is 1. The number of hydrogen-bond acceptors (Lipinski definition) is 4. The van der Waals surface area contributed by atoms with Gasteiger partial charge in [0, 0.05) is 23.3 Å². The molecule has 0 aliphatic heterocycles. The van der Waals surface area contributed by atoms with Crippen LogP contribution in [-0.4, -0.2) is 28.2 Å². The monoisotopic (exact) mass is 356 g/mol. The van der Waals surface area contributed by atoms with Crippen molar-refractivity contribution in [1.29, 1.82) is 0 Å². The third-order valence-corrected chi connectivity index (χ3v) is 3.42. The van der Waals surface area contributed by atoms with Crippen LogP contribution in [0.25, 0.3) is 11.1 Å². The summed E-state index contributed by atoms with van der Waals surface area (Å²) in [5.41, 5.74) is 1.71. The van der Waals surface area contributed by atoms with Gasteiger partial charge in [-0.05, 0) is 17.7 Å². The van der Waals surface area contributed by atoms with Gasteiger partial charge >= 0.3 is 5.97 Å². The molecule has 2 rings (SSSR count). The maximum atomic E-state index is 11.4. The van der Waals surface area contributed by atoms with Crippen LogP contribution in [-0.2, 0) is 5.33 Å². The van der Waals surface area contributed by atoms with E-state index in [0.717, 1.165) is 0 Å². The zero-order chi connectivity index (χ0) is 14.7. The van der Waals surface area contributed by atoms with Crippen LogP contribution in [0.3, 0.4) is 0 Å². The number of carboxylic acids is 1. The van der Waals surface area contributed by atoms with E-state index in [4.69, 9.17) is 16.3 Å². The number of aromatic nitrogens is 2. The van der Waals surface area contributed by atoms with Crippen molar-refractivity contribution in [1.82, 2.24) is 9.97 Å². The van der Waals surface area contributed by atoms with Crippen LogP contribution in [0.1, 0.15) is 16.1 Å². The van der Waals surface area contributed by atoms with Crippen molar-refractivity contribution < 1.29 is 14.6 Å². The quantitative estimate of drug-likeness (QED) is 0.670. The lowest BCUT2D eigenvalue weighted by molar-refractivity contribution is 0.0697. The summed E-state index contributed by atoms with van der Waals surface area (Å²) in [5.74, 6) is -0.677. The molecule has 1 N–H and O–H groups in total. The lowest BCUT2D eigenvalue weighted by Crippen LogP contribution is -2.06. The van der Waals surface area contributed by atoms with Gasteiger partial charge in [-0.2, -0.15) is 0 Å². The van der Waals surface area contributed by atoms with Gasteiger partial charge in [-0.3, -0.25) is 4.98 Å². The SMILES string of the molecule is COc1c(CBr)ncc(C(=O)O)c1-c1ccnc(Cl)c1. The minimum absolute atomic E-state index is 0.0498. The van der Waals surface area contributed by atoms with E-state index in [2.05, 4.69) is 25.9 Å². The number of halogens is 2. The zero-order valence-electron chi connectivity index (χ0n) is 10.4. The normalized spacial score (nSPS) is 10.3. The van der Waals surface area contributed by atoms with E-state index in [1.807, 2.05) is 0 Å². The number of rotatable bonds is 4. The molecule has 0 aromatic carbocycles. The van der Waals surface area contributed by atoms with Crippen molar-refractivity contribution >= 4 is 33.5 Å². The van der Waals surface area contributed by atoms with E-state index >= 15 is 0 Å². The summed E-state index contributed by atoms with van der Waals surface area (Å²) >= 11 is 9.18. The van der Waals surface area contributed by atoms with Crippen molar-refractivity contribution in [3.8, 4) is 16.9 Å². The summed E-state index contributed by atoms with van der Waals surface area (Å²) in [7, 11) is 1.47. The molecule has 0 fully saturated rings. The first-order valence-corrected chi connectivity index (χ1v) is 7.05. The summed E-state index contributed by atoms with van der Waals surface area (Å²) in [6, 6.07) is 3.26. The first kappa shape index (κ1) is 14.7.